The van der Waals surface area contributed by atoms with Gasteiger partial charge in [-0.15, -0.1) is 0 Å². The molecule has 3 heteroatoms. The van der Waals surface area contributed by atoms with Crippen molar-refractivity contribution in [3.63, 3.8) is 0 Å². The Morgan fingerprint density at radius 1 is 1.47 bits per heavy atom. The second-order valence-corrected chi connectivity index (χ2v) is 5.22. The molecule has 1 saturated heterocycles. The van der Waals surface area contributed by atoms with Gasteiger partial charge in [-0.05, 0) is 31.1 Å². The fourth-order valence-corrected chi connectivity index (χ4v) is 2.97. The lowest BCUT2D eigenvalue weighted by Gasteiger charge is -2.21. The summed E-state index contributed by atoms with van der Waals surface area (Å²) in [7, 11) is 0. The molecule has 2 rings (SSSR count). The number of nitrogens with two attached hydrogens (primary N) is 1. The predicted octanol–water partition coefficient (Wildman–Crippen LogP) is 1.23. The van der Waals surface area contributed by atoms with Crippen LogP contribution < -0.4 is 5.73 Å². The minimum Gasteiger partial charge on any atom is -0.342 e. The largest absolute Gasteiger partial charge is 0.342 e. The van der Waals surface area contributed by atoms with Crippen molar-refractivity contribution >= 4 is 5.91 Å². The summed E-state index contributed by atoms with van der Waals surface area (Å²) in [5.41, 5.74) is 6.05. The Morgan fingerprint density at radius 3 is 2.80 bits per heavy atom. The monoisotopic (exact) mass is 210 g/mol. The minimum absolute atomic E-state index is 0.181. The first-order chi connectivity index (χ1) is 7.13. The Hall–Kier alpha value is -0.570. The molecule has 1 saturated carbocycles. The van der Waals surface area contributed by atoms with E-state index in [0.717, 1.165) is 25.9 Å². The van der Waals surface area contributed by atoms with Crippen LogP contribution in [0.4, 0.5) is 0 Å². The highest BCUT2D eigenvalue weighted by atomic mass is 16.2. The average Bonchev–Trinajstić information content (AvgIpc) is 2.79. The van der Waals surface area contributed by atoms with Crippen LogP contribution in [0, 0.1) is 17.8 Å². The van der Waals surface area contributed by atoms with Crippen molar-refractivity contribution in [3.8, 4) is 0 Å². The molecule has 15 heavy (non-hydrogen) atoms. The Bertz CT molecular complexity index is 254. The first-order valence-electron chi connectivity index (χ1n) is 6.17. The number of carbonyl (C=O) groups excluding carboxylic acids is 1. The Morgan fingerprint density at radius 2 is 2.20 bits per heavy atom. The van der Waals surface area contributed by atoms with Gasteiger partial charge in [0.1, 0.15) is 0 Å². The molecular formula is C12H22N2O. The van der Waals surface area contributed by atoms with Crippen LogP contribution >= 0.6 is 0 Å². The van der Waals surface area contributed by atoms with Crippen molar-refractivity contribution in [3.05, 3.63) is 0 Å². The van der Waals surface area contributed by atoms with Gasteiger partial charge in [0, 0.05) is 25.0 Å². The van der Waals surface area contributed by atoms with Crippen molar-refractivity contribution in [2.45, 2.75) is 39.2 Å². The summed E-state index contributed by atoms with van der Waals surface area (Å²) in [4.78, 5) is 14.0. The van der Waals surface area contributed by atoms with Crippen LogP contribution in [0.25, 0.3) is 0 Å². The summed E-state index contributed by atoms with van der Waals surface area (Å²) in [6, 6.07) is 0.338. The molecule has 1 amide bonds. The number of carbonyl (C=O) groups is 1. The minimum atomic E-state index is 0.181. The molecular weight excluding hydrogens is 188 g/mol. The summed E-state index contributed by atoms with van der Waals surface area (Å²) in [6.45, 7) is 5.97. The SMILES string of the molecule is CCC(C)C(=O)N1CC2CCC(N)C2C1. The smallest absolute Gasteiger partial charge is 0.225 e. The maximum Gasteiger partial charge on any atom is 0.225 e. The Labute approximate surface area is 92.0 Å². The van der Waals surface area contributed by atoms with E-state index in [2.05, 4.69) is 6.92 Å². The van der Waals surface area contributed by atoms with E-state index in [0.29, 0.717) is 23.8 Å². The second-order valence-electron chi connectivity index (χ2n) is 5.22. The molecule has 2 fully saturated rings. The number of rotatable bonds is 2. The maximum absolute atomic E-state index is 12.0. The molecule has 4 unspecified atom stereocenters. The molecule has 0 aromatic carbocycles. The third-order valence-electron chi connectivity index (χ3n) is 4.26. The third kappa shape index (κ3) is 1.89. The van der Waals surface area contributed by atoms with Crippen LogP contribution in [0.5, 0.6) is 0 Å². The molecule has 0 aromatic heterocycles. The number of hydrogen-bond donors (Lipinski definition) is 1. The summed E-state index contributed by atoms with van der Waals surface area (Å²) in [5, 5.41) is 0. The van der Waals surface area contributed by atoms with Crippen molar-refractivity contribution in [2.75, 3.05) is 13.1 Å². The lowest BCUT2D eigenvalue weighted by molar-refractivity contribution is -0.134. The molecule has 0 bridgehead atoms. The van der Waals surface area contributed by atoms with Gasteiger partial charge in [0.05, 0.1) is 0 Å². The van der Waals surface area contributed by atoms with E-state index < -0.39 is 0 Å². The van der Waals surface area contributed by atoms with E-state index >= 15 is 0 Å². The molecule has 2 aliphatic rings. The zero-order valence-corrected chi connectivity index (χ0v) is 9.78. The number of nitrogens with zero attached hydrogens (tertiary/aromatic N) is 1. The molecule has 4 atom stereocenters. The van der Waals surface area contributed by atoms with Gasteiger partial charge in [0.25, 0.3) is 0 Å². The molecule has 86 valence electrons. The highest BCUT2D eigenvalue weighted by Gasteiger charge is 2.42. The topological polar surface area (TPSA) is 46.3 Å². The zero-order valence-electron chi connectivity index (χ0n) is 9.78. The number of hydrogen-bond acceptors (Lipinski definition) is 2. The summed E-state index contributed by atoms with van der Waals surface area (Å²) in [6.07, 6.45) is 3.31. The summed E-state index contributed by atoms with van der Waals surface area (Å²) < 4.78 is 0. The Kier molecular flexibility index (Phi) is 3.01. The van der Waals surface area contributed by atoms with Gasteiger partial charge in [-0.1, -0.05) is 13.8 Å². The second kappa shape index (κ2) is 4.12. The molecule has 0 spiro atoms. The highest BCUT2D eigenvalue weighted by molar-refractivity contribution is 5.78. The van der Waals surface area contributed by atoms with Gasteiger partial charge in [0.15, 0.2) is 0 Å². The van der Waals surface area contributed by atoms with E-state index in [4.69, 9.17) is 5.73 Å². The number of fused-ring (bicyclic) bond motifs is 1. The first kappa shape index (κ1) is 10.9. The van der Waals surface area contributed by atoms with Crippen LogP contribution in [0.15, 0.2) is 0 Å². The Balaban J connectivity index is 1.96. The van der Waals surface area contributed by atoms with Gasteiger partial charge < -0.3 is 10.6 Å². The first-order valence-corrected chi connectivity index (χ1v) is 6.17. The normalized spacial score (nSPS) is 36.7. The lowest BCUT2D eigenvalue weighted by Crippen LogP contribution is -2.36. The average molecular weight is 210 g/mol. The molecule has 1 aliphatic heterocycles. The number of amides is 1. The number of likely N-dealkylation sites (tertiary alicyclic amines) is 1. The van der Waals surface area contributed by atoms with Crippen molar-refractivity contribution < 1.29 is 4.79 Å². The fourth-order valence-electron chi connectivity index (χ4n) is 2.97. The van der Waals surface area contributed by atoms with Gasteiger partial charge in [-0.3, -0.25) is 4.79 Å². The molecule has 0 aromatic rings. The van der Waals surface area contributed by atoms with Crippen LogP contribution in [-0.2, 0) is 4.79 Å². The maximum atomic E-state index is 12.0. The van der Waals surface area contributed by atoms with Crippen molar-refractivity contribution in [1.29, 1.82) is 0 Å². The van der Waals surface area contributed by atoms with E-state index in [9.17, 15) is 4.79 Å². The van der Waals surface area contributed by atoms with E-state index in [-0.39, 0.29) is 5.92 Å². The molecule has 0 radical (unpaired) electrons. The summed E-state index contributed by atoms with van der Waals surface area (Å²) in [5.74, 6) is 1.78. The van der Waals surface area contributed by atoms with Crippen LogP contribution in [-0.4, -0.2) is 29.9 Å². The standard InChI is InChI=1S/C12H22N2O/c1-3-8(2)12(15)14-6-9-4-5-11(13)10(9)7-14/h8-11H,3-7,13H2,1-2H3. The fraction of sp³-hybridized carbons (Fsp3) is 0.917. The third-order valence-corrected chi connectivity index (χ3v) is 4.26. The van der Waals surface area contributed by atoms with Gasteiger partial charge >= 0.3 is 0 Å². The van der Waals surface area contributed by atoms with Gasteiger partial charge in [-0.25, -0.2) is 0 Å². The predicted molar refractivity (Wildman–Crippen MR) is 60.2 cm³/mol. The quantitative estimate of drug-likeness (QED) is 0.745. The van der Waals surface area contributed by atoms with Crippen molar-refractivity contribution in [1.82, 2.24) is 4.90 Å². The molecule has 1 heterocycles. The van der Waals surface area contributed by atoms with E-state index in [1.54, 1.807) is 0 Å². The molecule has 1 aliphatic carbocycles. The van der Waals surface area contributed by atoms with Crippen LogP contribution in [0.3, 0.4) is 0 Å². The molecule has 3 nitrogen and oxygen atoms in total. The van der Waals surface area contributed by atoms with Crippen molar-refractivity contribution in [2.24, 2.45) is 23.5 Å². The van der Waals surface area contributed by atoms with Crippen LogP contribution in [0.1, 0.15) is 33.1 Å². The zero-order chi connectivity index (χ0) is 11.0. The van der Waals surface area contributed by atoms with Gasteiger partial charge in [-0.2, -0.15) is 0 Å². The molecule has 2 N–H and O–H groups in total. The highest BCUT2D eigenvalue weighted by Crippen LogP contribution is 2.37. The van der Waals surface area contributed by atoms with Crippen LogP contribution in [0.2, 0.25) is 0 Å². The van der Waals surface area contributed by atoms with E-state index in [1.807, 2.05) is 11.8 Å². The summed E-state index contributed by atoms with van der Waals surface area (Å²) >= 11 is 0. The van der Waals surface area contributed by atoms with Gasteiger partial charge in [0.2, 0.25) is 5.91 Å². The lowest BCUT2D eigenvalue weighted by atomic mass is 9.98. The van der Waals surface area contributed by atoms with E-state index in [1.165, 1.54) is 6.42 Å².